The van der Waals surface area contributed by atoms with Crippen LogP contribution in [0.1, 0.15) is 11.1 Å². The average molecular weight is 286 g/mol. The van der Waals surface area contributed by atoms with Gasteiger partial charge in [-0.2, -0.15) is 0 Å². The maximum absolute atomic E-state index is 11.1. The van der Waals surface area contributed by atoms with E-state index in [1.165, 1.54) is 12.1 Å². The molecule has 0 radical (unpaired) electrons. The highest BCUT2D eigenvalue weighted by Crippen LogP contribution is 2.39. The standard InChI is InChI=1S/C14H10N2O5/c17-12-9-8-11(7-6-10-4-2-1-3-5-10)13(15(18)19)14(12)16(20)21/h1-9,17H. The number of phenolic OH excluding ortho intramolecular Hbond substituents is 1. The minimum absolute atomic E-state index is 0.0494. The molecule has 2 aromatic rings. The fraction of sp³-hybridized carbons (Fsp3) is 0. The number of nitro groups is 2. The lowest BCUT2D eigenvalue weighted by Crippen LogP contribution is -1.99. The second-order valence-corrected chi connectivity index (χ2v) is 4.13. The van der Waals surface area contributed by atoms with E-state index >= 15 is 0 Å². The molecule has 0 aliphatic rings. The monoisotopic (exact) mass is 286 g/mol. The summed E-state index contributed by atoms with van der Waals surface area (Å²) in [5.41, 5.74) is -0.793. The van der Waals surface area contributed by atoms with Crippen molar-refractivity contribution < 1.29 is 15.0 Å². The Morgan fingerprint density at radius 2 is 1.48 bits per heavy atom. The second-order valence-electron chi connectivity index (χ2n) is 4.13. The number of nitrogens with zero attached hydrogens (tertiary/aromatic N) is 2. The highest BCUT2D eigenvalue weighted by atomic mass is 16.6. The highest BCUT2D eigenvalue weighted by molar-refractivity contribution is 5.79. The first kappa shape index (κ1) is 14.2. The average Bonchev–Trinajstić information content (AvgIpc) is 2.46. The van der Waals surface area contributed by atoms with Crippen molar-refractivity contribution in [2.24, 2.45) is 0 Å². The number of nitro benzene ring substituents is 2. The smallest absolute Gasteiger partial charge is 0.387 e. The molecule has 0 heterocycles. The Morgan fingerprint density at radius 3 is 2.05 bits per heavy atom. The molecule has 0 aromatic heterocycles. The van der Waals surface area contributed by atoms with E-state index in [1.807, 2.05) is 6.07 Å². The fourth-order valence-electron chi connectivity index (χ4n) is 1.84. The zero-order valence-electron chi connectivity index (χ0n) is 10.7. The third-order valence-corrected chi connectivity index (χ3v) is 2.78. The molecule has 0 aliphatic heterocycles. The molecule has 0 spiro atoms. The summed E-state index contributed by atoms with van der Waals surface area (Å²) in [6.45, 7) is 0. The van der Waals surface area contributed by atoms with E-state index < -0.39 is 27.0 Å². The molecule has 0 unspecified atom stereocenters. The van der Waals surface area contributed by atoms with Crippen LogP contribution in [0.5, 0.6) is 5.75 Å². The fourth-order valence-corrected chi connectivity index (χ4v) is 1.84. The van der Waals surface area contributed by atoms with Gasteiger partial charge in [-0.3, -0.25) is 20.2 Å². The van der Waals surface area contributed by atoms with Gasteiger partial charge in [0.2, 0.25) is 5.75 Å². The first-order valence-electron chi connectivity index (χ1n) is 5.88. The van der Waals surface area contributed by atoms with Crippen LogP contribution >= 0.6 is 0 Å². The van der Waals surface area contributed by atoms with Crippen LogP contribution in [0.3, 0.4) is 0 Å². The zero-order valence-corrected chi connectivity index (χ0v) is 10.7. The number of hydrogen-bond acceptors (Lipinski definition) is 5. The van der Waals surface area contributed by atoms with Crippen LogP contribution in [0.2, 0.25) is 0 Å². The van der Waals surface area contributed by atoms with Crippen molar-refractivity contribution in [3.63, 3.8) is 0 Å². The molecule has 0 saturated carbocycles. The molecule has 0 fully saturated rings. The lowest BCUT2D eigenvalue weighted by atomic mass is 10.1. The Kier molecular flexibility index (Phi) is 3.94. The summed E-state index contributed by atoms with van der Waals surface area (Å²) in [5, 5.41) is 31.4. The maximum Gasteiger partial charge on any atom is 0.387 e. The predicted molar refractivity (Wildman–Crippen MR) is 76.8 cm³/mol. The van der Waals surface area contributed by atoms with Crippen molar-refractivity contribution >= 4 is 23.5 Å². The number of phenols is 1. The molecule has 0 saturated heterocycles. The molecule has 7 heteroatoms. The summed E-state index contributed by atoms with van der Waals surface area (Å²) in [7, 11) is 0. The second kappa shape index (κ2) is 5.83. The van der Waals surface area contributed by atoms with Crippen molar-refractivity contribution in [1.29, 1.82) is 0 Å². The first-order chi connectivity index (χ1) is 10.0. The Bertz CT molecular complexity index is 726. The number of aromatic hydroxyl groups is 1. The molecular weight excluding hydrogens is 276 g/mol. The van der Waals surface area contributed by atoms with Gasteiger partial charge in [0.25, 0.3) is 0 Å². The molecule has 0 aliphatic carbocycles. The summed E-state index contributed by atoms with van der Waals surface area (Å²) < 4.78 is 0. The minimum Gasteiger partial charge on any atom is -0.502 e. The van der Waals surface area contributed by atoms with E-state index in [1.54, 1.807) is 30.3 Å². The summed E-state index contributed by atoms with van der Waals surface area (Å²) in [6, 6.07) is 11.3. The summed E-state index contributed by atoms with van der Waals surface area (Å²) in [6.07, 6.45) is 3.00. The molecule has 1 N–H and O–H groups in total. The predicted octanol–water partition coefficient (Wildman–Crippen LogP) is 3.38. The summed E-state index contributed by atoms with van der Waals surface area (Å²) in [4.78, 5) is 20.1. The van der Waals surface area contributed by atoms with Gasteiger partial charge >= 0.3 is 11.4 Å². The van der Waals surface area contributed by atoms with Gasteiger partial charge in [0.05, 0.1) is 15.4 Å². The molecule has 0 atom stereocenters. The van der Waals surface area contributed by atoms with E-state index in [-0.39, 0.29) is 5.56 Å². The number of benzene rings is 2. The van der Waals surface area contributed by atoms with Crippen LogP contribution in [0.15, 0.2) is 42.5 Å². The minimum atomic E-state index is -0.965. The van der Waals surface area contributed by atoms with Gasteiger partial charge in [0.1, 0.15) is 0 Å². The van der Waals surface area contributed by atoms with E-state index in [9.17, 15) is 25.3 Å². The SMILES string of the molecule is O=[N+]([O-])c1c(O)ccc(C=Cc2ccccc2)c1[N+](=O)[O-]. The molecule has 21 heavy (non-hydrogen) atoms. The maximum atomic E-state index is 11.1. The highest BCUT2D eigenvalue weighted by Gasteiger charge is 2.31. The molecule has 0 amide bonds. The third-order valence-electron chi connectivity index (χ3n) is 2.78. The van der Waals surface area contributed by atoms with Crippen molar-refractivity contribution in [2.45, 2.75) is 0 Å². The Hall–Kier alpha value is -3.22. The van der Waals surface area contributed by atoms with Gasteiger partial charge in [-0.25, -0.2) is 0 Å². The molecule has 2 rings (SSSR count). The van der Waals surface area contributed by atoms with Gasteiger partial charge in [-0.05, 0) is 23.8 Å². The topological polar surface area (TPSA) is 107 Å². The Balaban J connectivity index is 2.54. The van der Waals surface area contributed by atoms with Crippen LogP contribution in [0.25, 0.3) is 12.2 Å². The lowest BCUT2D eigenvalue weighted by molar-refractivity contribution is -0.423. The van der Waals surface area contributed by atoms with Gasteiger partial charge in [-0.15, -0.1) is 0 Å². The van der Waals surface area contributed by atoms with Crippen molar-refractivity contribution in [2.75, 3.05) is 0 Å². The van der Waals surface area contributed by atoms with E-state index in [0.717, 1.165) is 11.6 Å². The van der Waals surface area contributed by atoms with Gasteiger partial charge in [0.15, 0.2) is 0 Å². The summed E-state index contributed by atoms with van der Waals surface area (Å²) >= 11 is 0. The molecule has 0 bridgehead atoms. The Morgan fingerprint density at radius 1 is 0.857 bits per heavy atom. The van der Waals surface area contributed by atoms with Crippen LogP contribution in [-0.4, -0.2) is 15.0 Å². The van der Waals surface area contributed by atoms with E-state index in [0.29, 0.717) is 0 Å². The van der Waals surface area contributed by atoms with Crippen molar-refractivity contribution in [3.8, 4) is 5.75 Å². The first-order valence-corrected chi connectivity index (χ1v) is 5.88. The number of rotatable bonds is 4. The number of hydrogen-bond donors (Lipinski definition) is 1. The van der Waals surface area contributed by atoms with Crippen LogP contribution in [0, 0.1) is 20.2 Å². The van der Waals surface area contributed by atoms with E-state index in [2.05, 4.69) is 0 Å². The zero-order chi connectivity index (χ0) is 15.4. The van der Waals surface area contributed by atoms with Crippen molar-refractivity contribution in [1.82, 2.24) is 0 Å². The molecular formula is C14H10N2O5. The van der Waals surface area contributed by atoms with Gasteiger partial charge < -0.3 is 5.11 Å². The van der Waals surface area contributed by atoms with Gasteiger partial charge in [0, 0.05) is 0 Å². The normalized spacial score (nSPS) is 10.7. The van der Waals surface area contributed by atoms with Crippen LogP contribution in [0.4, 0.5) is 11.4 Å². The lowest BCUT2D eigenvalue weighted by Gasteiger charge is -2.01. The Labute approximate surface area is 119 Å². The molecule has 106 valence electrons. The van der Waals surface area contributed by atoms with E-state index in [4.69, 9.17) is 0 Å². The third kappa shape index (κ3) is 3.03. The summed E-state index contributed by atoms with van der Waals surface area (Å²) in [5.74, 6) is -0.733. The quantitative estimate of drug-likeness (QED) is 0.526. The van der Waals surface area contributed by atoms with Gasteiger partial charge in [-0.1, -0.05) is 36.4 Å². The molecule has 2 aromatic carbocycles. The largest absolute Gasteiger partial charge is 0.502 e. The van der Waals surface area contributed by atoms with Crippen LogP contribution in [-0.2, 0) is 0 Å². The van der Waals surface area contributed by atoms with Crippen molar-refractivity contribution in [3.05, 3.63) is 73.8 Å². The molecule has 7 nitrogen and oxygen atoms in total. The van der Waals surface area contributed by atoms with Crippen LogP contribution < -0.4 is 0 Å².